The number of allylic oxidation sites excluding steroid dienone is 2. The number of nitrogens with one attached hydrogen (secondary N) is 4. The van der Waals surface area contributed by atoms with Crippen LogP contribution in [0.1, 0.15) is 59.3 Å². The van der Waals surface area contributed by atoms with Gasteiger partial charge in [0.2, 0.25) is 0 Å². The first kappa shape index (κ1) is 50.1. The number of hydrogen-bond donors (Lipinski definition) is 4. The van der Waals surface area contributed by atoms with Crippen molar-refractivity contribution in [3.05, 3.63) is 153 Å². The highest BCUT2D eigenvalue weighted by Crippen LogP contribution is 2.39. The highest BCUT2D eigenvalue weighted by Gasteiger charge is 2.40. The molecule has 2 atom stereocenters. The summed E-state index contributed by atoms with van der Waals surface area (Å²) in [6.45, 7) is 3.64. The second kappa shape index (κ2) is 20.1. The van der Waals surface area contributed by atoms with Crippen molar-refractivity contribution in [1.82, 2.24) is 21.3 Å². The second-order valence-corrected chi connectivity index (χ2v) is 15.9. The zero-order chi connectivity index (χ0) is 47.4. The molecule has 20 heteroatoms. The number of halogens is 7. The molecular weight excluding hydrogens is 983 g/mol. The average Bonchev–Trinajstić information content (AvgIpc) is 3.25. The van der Waals surface area contributed by atoms with E-state index < -0.39 is 59.4 Å². The van der Waals surface area contributed by atoms with Gasteiger partial charge in [0.05, 0.1) is 109 Å². The third-order valence-electron chi connectivity index (χ3n) is 11.1. The number of benzene rings is 4. The normalized spacial score (nSPS) is 16.7. The largest absolute Gasteiger partial charge is 1.00 e. The second-order valence-electron chi connectivity index (χ2n) is 15.9. The lowest BCUT2D eigenvalue weighted by atomic mass is 9.93. The maximum absolute atomic E-state index is 14.1. The highest BCUT2D eigenvalue weighted by atomic mass is 127. The van der Waals surface area contributed by atoms with Crippen LogP contribution in [0.3, 0.4) is 0 Å². The number of anilines is 2. The van der Waals surface area contributed by atoms with Gasteiger partial charge in [0.25, 0.3) is 11.8 Å². The van der Waals surface area contributed by atoms with Gasteiger partial charge in [-0.1, -0.05) is 36.4 Å². The van der Waals surface area contributed by atoms with Crippen LogP contribution in [0.15, 0.2) is 120 Å². The van der Waals surface area contributed by atoms with E-state index in [4.69, 9.17) is 0 Å². The molecule has 66 heavy (non-hydrogen) atoms. The number of nitriles is 2. The number of alkyl halides is 6. The van der Waals surface area contributed by atoms with Crippen LogP contribution in [0.5, 0.6) is 0 Å². The molecule has 0 spiro atoms. The van der Waals surface area contributed by atoms with E-state index in [-0.39, 0.29) is 75.5 Å². The molecule has 0 aromatic heterocycles. The summed E-state index contributed by atoms with van der Waals surface area (Å²) < 4.78 is 82.2. The number of carbonyl (C=O) groups excluding carboxylic acids is 4. The molecule has 0 saturated carbocycles. The molecule has 0 radical (unpaired) electrons. The Balaban J connectivity index is 0.00000817. The molecule has 4 aromatic rings. The molecule has 4 N–H and O–H groups in total. The molecule has 2 aliphatic rings. The molecule has 2 heterocycles. The van der Waals surface area contributed by atoms with E-state index in [2.05, 4.69) is 21.3 Å². The SMILES string of the molecule is CC1=C(C(=O)NCC[N+](C)(C)CCNC(=O)C2=C(C)N(c3cccc(C(F)(F)F)c3)C(=O)N[C@@H]2c2ccc(C#N)cc2)[C@@H](c2ccc(C#N)cc2)NC(=O)N1c1cccc(C(F)(F)F)c1.[I-]. The fraction of sp³-hybridized carbons (Fsp3) is 0.261. The Morgan fingerprint density at radius 2 is 0.985 bits per heavy atom. The number of hydrogen-bond acceptors (Lipinski definition) is 6. The lowest BCUT2D eigenvalue weighted by Crippen LogP contribution is -3.00. The van der Waals surface area contributed by atoms with Crippen LogP contribution in [-0.2, 0) is 21.9 Å². The van der Waals surface area contributed by atoms with E-state index in [1.165, 1.54) is 50.2 Å². The minimum atomic E-state index is -4.70. The van der Waals surface area contributed by atoms with E-state index in [0.717, 1.165) is 46.2 Å². The summed E-state index contributed by atoms with van der Waals surface area (Å²) in [6.07, 6.45) is -9.40. The van der Waals surface area contributed by atoms with Crippen LogP contribution in [0, 0.1) is 22.7 Å². The zero-order valence-corrected chi connectivity index (χ0v) is 37.9. The standard InChI is InChI=1S/C46H41F6N9O4.HI/c1-27-37(39(31-15-11-29(25-53)12-16-31)57-43(64)59(27)35-9-5-7-33(23-35)45(47,48)49)41(62)55-19-21-61(3,4)22-20-56-42(63)38-28(2)60(36-10-6-8-34(24-36)46(50,51)52)44(65)58-40(38)32-17-13-30(26-54)14-18-32;/h5-18,23-24,39-40H,19-22H2,1-4H3,(H3-,55,56,57,58,62,63,64,65);1H/t39-,40-;/m1./s1. The number of urea groups is 2. The third kappa shape index (κ3) is 11.1. The van der Waals surface area contributed by atoms with Crippen molar-refractivity contribution < 1.29 is 74.0 Å². The minimum Gasteiger partial charge on any atom is -1.00 e. The van der Waals surface area contributed by atoms with Crippen LogP contribution in [0.2, 0.25) is 0 Å². The molecule has 6 rings (SSSR count). The lowest BCUT2D eigenvalue weighted by Gasteiger charge is -2.36. The Morgan fingerprint density at radius 1 is 0.636 bits per heavy atom. The van der Waals surface area contributed by atoms with Gasteiger partial charge in [-0.25, -0.2) is 9.59 Å². The Labute approximate surface area is 392 Å². The Hall–Kier alpha value is -6.91. The first-order chi connectivity index (χ1) is 30.6. The van der Waals surface area contributed by atoms with E-state index in [1.807, 2.05) is 26.2 Å². The Bertz CT molecular complexity index is 2490. The molecule has 0 aliphatic carbocycles. The molecule has 2 aliphatic heterocycles. The van der Waals surface area contributed by atoms with Gasteiger partial charge in [-0.3, -0.25) is 19.4 Å². The predicted molar refractivity (Wildman–Crippen MR) is 226 cm³/mol. The first-order valence-electron chi connectivity index (χ1n) is 20.0. The smallest absolute Gasteiger partial charge is 0.416 e. The van der Waals surface area contributed by atoms with Gasteiger partial charge >= 0.3 is 24.4 Å². The molecule has 4 aromatic carbocycles. The number of carbonyl (C=O) groups is 4. The molecule has 0 unspecified atom stereocenters. The van der Waals surface area contributed by atoms with Gasteiger partial charge in [-0.05, 0) is 85.6 Å². The zero-order valence-electron chi connectivity index (χ0n) is 35.7. The van der Waals surface area contributed by atoms with E-state index in [0.29, 0.717) is 35.3 Å². The van der Waals surface area contributed by atoms with Crippen molar-refractivity contribution in [3.8, 4) is 12.1 Å². The van der Waals surface area contributed by atoms with Gasteiger partial charge in [0, 0.05) is 11.4 Å². The molecule has 0 fully saturated rings. The maximum atomic E-state index is 14.1. The number of quaternary nitrogens is 1. The monoisotopic (exact) mass is 1030 g/mol. The van der Waals surface area contributed by atoms with Crippen LogP contribution in [0.25, 0.3) is 0 Å². The molecular formula is C46H42F6IN9O4. The summed E-state index contributed by atoms with van der Waals surface area (Å²) in [6, 6.07) is 20.9. The topological polar surface area (TPSA) is 170 Å². The summed E-state index contributed by atoms with van der Waals surface area (Å²) in [5, 5.41) is 29.8. The summed E-state index contributed by atoms with van der Waals surface area (Å²) in [4.78, 5) is 57.2. The molecule has 344 valence electrons. The van der Waals surface area contributed by atoms with Crippen molar-refractivity contribution in [1.29, 1.82) is 10.5 Å². The average molecular weight is 1030 g/mol. The van der Waals surface area contributed by atoms with Gasteiger partial charge in [0.1, 0.15) is 0 Å². The number of nitrogens with zero attached hydrogens (tertiary/aromatic N) is 5. The van der Waals surface area contributed by atoms with Crippen LogP contribution >= 0.6 is 0 Å². The molecule has 6 amide bonds. The fourth-order valence-electron chi connectivity index (χ4n) is 7.59. The highest BCUT2D eigenvalue weighted by molar-refractivity contribution is 6.06. The third-order valence-corrected chi connectivity index (χ3v) is 11.1. The lowest BCUT2D eigenvalue weighted by molar-refractivity contribution is -0.887. The quantitative estimate of drug-likeness (QED) is 0.0922. The number of rotatable bonds is 12. The summed E-state index contributed by atoms with van der Waals surface area (Å²) >= 11 is 0. The molecule has 0 bridgehead atoms. The van der Waals surface area contributed by atoms with Crippen molar-refractivity contribution in [2.75, 3.05) is 50.1 Å². The van der Waals surface area contributed by atoms with Crippen molar-refractivity contribution in [2.24, 2.45) is 0 Å². The maximum Gasteiger partial charge on any atom is 0.416 e. The number of likely N-dealkylation sites (N-methyl/N-ethyl adjacent to an activating group) is 1. The van der Waals surface area contributed by atoms with Crippen molar-refractivity contribution >= 4 is 35.3 Å². The molecule has 13 nitrogen and oxygen atoms in total. The first-order valence-corrected chi connectivity index (χ1v) is 20.0. The summed E-state index contributed by atoms with van der Waals surface area (Å²) in [7, 11) is 3.66. The van der Waals surface area contributed by atoms with Gasteiger partial charge in [-0.15, -0.1) is 0 Å². The van der Waals surface area contributed by atoms with E-state index in [1.54, 1.807) is 24.3 Å². The van der Waals surface area contributed by atoms with Gasteiger partial charge in [0.15, 0.2) is 0 Å². The van der Waals surface area contributed by atoms with E-state index >= 15 is 0 Å². The van der Waals surface area contributed by atoms with Crippen LogP contribution < -0.4 is 55.0 Å². The van der Waals surface area contributed by atoms with Crippen LogP contribution in [0.4, 0.5) is 47.3 Å². The van der Waals surface area contributed by atoms with Crippen molar-refractivity contribution in [2.45, 2.75) is 38.3 Å². The molecule has 0 saturated heterocycles. The fourth-order valence-corrected chi connectivity index (χ4v) is 7.59. The Morgan fingerprint density at radius 3 is 1.30 bits per heavy atom. The predicted octanol–water partition coefficient (Wildman–Crippen LogP) is 4.57. The summed E-state index contributed by atoms with van der Waals surface area (Å²) in [5.74, 6) is -1.24. The minimum absolute atomic E-state index is 0. The summed E-state index contributed by atoms with van der Waals surface area (Å²) in [5.41, 5.74) is -0.448. The van der Waals surface area contributed by atoms with Gasteiger partial charge in [-0.2, -0.15) is 36.9 Å². The number of amides is 6. The van der Waals surface area contributed by atoms with Gasteiger partial charge < -0.3 is 49.7 Å². The Kier molecular flexibility index (Phi) is 15.2. The van der Waals surface area contributed by atoms with Crippen LogP contribution in [-0.4, -0.2) is 68.6 Å². The van der Waals surface area contributed by atoms with Crippen molar-refractivity contribution in [3.63, 3.8) is 0 Å². The van der Waals surface area contributed by atoms with E-state index in [9.17, 15) is 56.0 Å².